The molecule has 0 unspecified atom stereocenters. The molecule has 0 bridgehead atoms. The van der Waals surface area contributed by atoms with Gasteiger partial charge in [-0.05, 0) is 30.5 Å². The summed E-state index contributed by atoms with van der Waals surface area (Å²) in [5.74, 6) is -0.200. The molecule has 0 atom stereocenters. The van der Waals surface area contributed by atoms with Gasteiger partial charge in [-0.2, -0.15) is 13.2 Å². The molecule has 0 fully saturated rings. The van der Waals surface area contributed by atoms with Crippen LogP contribution in [-0.4, -0.2) is 29.4 Å². The molecule has 2 aromatic rings. The quantitative estimate of drug-likeness (QED) is 0.659. The Bertz CT molecular complexity index is 794. The average Bonchev–Trinajstić information content (AvgIpc) is 2.60. The number of aliphatic imine (C=N–C) groups is 1. The van der Waals surface area contributed by atoms with E-state index in [4.69, 9.17) is 4.74 Å². The minimum absolute atomic E-state index is 0.0896. The Labute approximate surface area is 146 Å². The summed E-state index contributed by atoms with van der Waals surface area (Å²) >= 11 is 1.10. The summed E-state index contributed by atoms with van der Waals surface area (Å²) < 4.78 is 43.2. The number of hydrogen-bond donors (Lipinski definition) is 1. The SMILES string of the molecule is COc1cc(C(=O)NC(=Nc2cccc(C(F)(F)F)c2)SC)ccn1. The molecule has 0 saturated heterocycles. The summed E-state index contributed by atoms with van der Waals surface area (Å²) in [4.78, 5) is 20.2. The molecule has 2 rings (SSSR count). The molecule has 1 aromatic carbocycles. The molecule has 25 heavy (non-hydrogen) atoms. The van der Waals surface area contributed by atoms with Gasteiger partial charge in [-0.15, -0.1) is 0 Å². The van der Waals surface area contributed by atoms with Gasteiger partial charge in [-0.25, -0.2) is 9.98 Å². The van der Waals surface area contributed by atoms with Crippen LogP contribution in [0.3, 0.4) is 0 Å². The number of carbonyl (C=O) groups excluding carboxylic acids is 1. The van der Waals surface area contributed by atoms with Crippen molar-refractivity contribution < 1.29 is 22.7 Å². The second-order valence-electron chi connectivity index (χ2n) is 4.71. The fourth-order valence-electron chi connectivity index (χ4n) is 1.83. The molecule has 0 saturated carbocycles. The minimum Gasteiger partial charge on any atom is -0.481 e. The second kappa shape index (κ2) is 8.02. The van der Waals surface area contributed by atoms with Gasteiger partial charge in [0, 0.05) is 17.8 Å². The van der Waals surface area contributed by atoms with Crippen LogP contribution < -0.4 is 10.1 Å². The predicted molar refractivity (Wildman–Crippen MR) is 90.3 cm³/mol. The van der Waals surface area contributed by atoms with Gasteiger partial charge in [-0.3, -0.25) is 4.79 Å². The summed E-state index contributed by atoms with van der Waals surface area (Å²) in [5.41, 5.74) is -0.427. The third-order valence-electron chi connectivity index (χ3n) is 3.02. The number of carbonyl (C=O) groups is 1. The largest absolute Gasteiger partial charge is 0.481 e. The predicted octanol–water partition coefficient (Wildman–Crippen LogP) is 3.89. The summed E-state index contributed by atoms with van der Waals surface area (Å²) in [6, 6.07) is 7.48. The number of amides is 1. The molecule has 1 amide bonds. The minimum atomic E-state index is -4.46. The molecule has 9 heteroatoms. The number of rotatable bonds is 3. The normalized spacial score (nSPS) is 12.0. The number of hydrogen-bond acceptors (Lipinski definition) is 5. The van der Waals surface area contributed by atoms with Crippen LogP contribution in [0, 0.1) is 0 Å². The highest BCUT2D eigenvalue weighted by Gasteiger charge is 2.30. The number of nitrogens with one attached hydrogen (secondary N) is 1. The van der Waals surface area contributed by atoms with Gasteiger partial charge in [0.2, 0.25) is 5.88 Å². The van der Waals surface area contributed by atoms with Crippen molar-refractivity contribution in [2.75, 3.05) is 13.4 Å². The Balaban J connectivity index is 2.21. The highest BCUT2D eigenvalue weighted by atomic mass is 32.2. The Morgan fingerprint density at radius 2 is 2.04 bits per heavy atom. The van der Waals surface area contributed by atoms with E-state index in [2.05, 4.69) is 15.3 Å². The lowest BCUT2D eigenvalue weighted by atomic mass is 10.2. The molecule has 1 heterocycles. The van der Waals surface area contributed by atoms with Crippen LogP contribution in [0.5, 0.6) is 5.88 Å². The number of nitrogens with zero attached hydrogens (tertiary/aromatic N) is 2. The van der Waals surface area contributed by atoms with E-state index in [1.54, 1.807) is 6.26 Å². The average molecular weight is 369 g/mol. The first-order chi connectivity index (χ1) is 11.8. The highest BCUT2D eigenvalue weighted by Crippen LogP contribution is 2.31. The molecule has 132 valence electrons. The van der Waals surface area contributed by atoms with Gasteiger partial charge in [0.05, 0.1) is 18.4 Å². The molecule has 0 aliphatic carbocycles. The van der Waals surface area contributed by atoms with Gasteiger partial charge in [0.25, 0.3) is 5.91 Å². The van der Waals surface area contributed by atoms with Crippen molar-refractivity contribution in [3.05, 3.63) is 53.7 Å². The number of aromatic nitrogens is 1. The molecule has 0 spiro atoms. The zero-order chi connectivity index (χ0) is 18.4. The van der Waals surface area contributed by atoms with Crippen LogP contribution in [0.15, 0.2) is 47.6 Å². The zero-order valence-electron chi connectivity index (χ0n) is 13.3. The van der Waals surface area contributed by atoms with E-state index >= 15 is 0 Å². The third-order valence-corrected chi connectivity index (χ3v) is 3.60. The maximum atomic E-state index is 12.7. The molecule has 0 radical (unpaired) electrons. The van der Waals surface area contributed by atoms with Crippen LogP contribution in [0.25, 0.3) is 0 Å². The first kappa shape index (κ1) is 18.8. The summed E-state index contributed by atoms with van der Waals surface area (Å²) in [5, 5.41) is 2.72. The Morgan fingerprint density at radius 3 is 2.68 bits per heavy atom. The van der Waals surface area contributed by atoms with E-state index in [0.29, 0.717) is 0 Å². The fourth-order valence-corrected chi connectivity index (χ4v) is 2.22. The first-order valence-electron chi connectivity index (χ1n) is 6.95. The van der Waals surface area contributed by atoms with Crippen molar-refractivity contribution in [1.29, 1.82) is 0 Å². The maximum Gasteiger partial charge on any atom is 0.416 e. The van der Waals surface area contributed by atoms with Crippen LogP contribution in [0.4, 0.5) is 18.9 Å². The molecule has 1 aromatic heterocycles. The van der Waals surface area contributed by atoms with Crippen LogP contribution in [-0.2, 0) is 6.18 Å². The number of halogens is 3. The standard InChI is InChI=1S/C16H14F3N3O2S/c1-24-13-8-10(6-7-20-13)14(23)22-15(25-2)21-12-5-3-4-11(9-12)16(17,18)19/h3-9H,1-2H3,(H,21,22,23). The third kappa shape index (κ3) is 5.21. The van der Waals surface area contributed by atoms with Gasteiger partial charge in [-0.1, -0.05) is 17.8 Å². The lowest BCUT2D eigenvalue weighted by Gasteiger charge is -2.09. The Hall–Kier alpha value is -2.55. The van der Waals surface area contributed by atoms with Crippen LogP contribution >= 0.6 is 11.8 Å². The zero-order valence-corrected chi connectivity index (χ0v) is 14.1. The molecular formula is C16H14F3N3O2S. The number of thioether (sulfide) groups is 1. The van der Waals surface area contributed by atoms with E-state index < -0.39 is 17.6 Å². The maximum absolute atomic E-state index is 12.7. The van der Waals surface area contributed by atoms with Crippen LogP contribution in [0.2, 0.25) is 0 Å². The number of pyridine rings is 1. The van der Waals surface area contributed by atoms with Crippen LogP contribution in [0.1, 0.15) is 15.9 Å². The van der Waals surface area contributed by atoms with E-state index in [1.165, 1.54) is 37.6 Å². The number of ether oxygens (including phenoxy) is 1. The van der Waals surface area contributed by atoms with Gasteiger partial charge < -0.3 is 10.1 Å². The van der Waals surface area contributed by atoms with Gasteiger partial charge in [0.1, 0.15) is 0 Å². The molecule has 5 nitrogen and oxygen atoms in total. The number of alkyl halides is 3. The van der Waals surface area contributed by atoms with Gasteiger partial charge in [0.15, 0.2) is 5.17 Å². The highest BCUT2D eigenvalue weighted by molar-refractivity contribution is 8.13. The summed E-state index contributed by atoms with van der Waals surface area (Å²) in [6.45, 7) is 0. The molecule has 0 aliphatic heterocycles. The summed E-state index contributed by atoms with van der Waals surface area (Å²) in [7, 11) is 1.42. The summed E-state index contributed by atoms with van der Waals surface area (Å²) in [6.07, 6.45) is -1.39. The number of benzene rings is 1. The van der Waals surface area contributed by atoms with E-state index in [-0.39, 0.29) is 22.3 Å². The Morgan fingerprint density at radius 1 is 1.28 bits per heavy atom. The number of amidine groups is 1. The first-order valence-corrected chi connectivity index (χ1v) is 8.17. The van der Waals surface area contributed by atoms with E-state index in [9.17, 15) is 18.0 Å². The molecular weight excluding hydrogens is 355 g/mol. The van der Waals surface area contributed by atoms with E-state index in [0.717, 1.165) is 23.9 Å². The fraction of sp³-hybridized carbons (Fsp3) is 0.188. The van der Waals surface area contributed by atoms with Crippen molar-refractivity contribution in [1.82, 2.24) is 10.3 Å². The molecule has 0 aliphatic rings. The van der Waals surface area contributed by atoms with Gasteiger partial charge >= 0.3 is 6.18 Å². The van der Waals surface area contributed by atoms with Crippen molar-refractivity contribution in [3.8, 4) is 5.88 Å². The monoisotopic (exact) mass is 369 g/mol. The number of methoxy groups -OCH3 is 1. The topological polar surface area (TPSA) is 63.6 Å². The Kier molecular flexibility index (Phi) is 6.02. The van der Waals surface area contributed by atoms with Crippen molar-refractivity contribution in [3.63, 3.8) is 0 Å². The van der Waals surface area contributed by atoms with E-state index in [1.807, 2.05) is 0 Å². The smallest absolute Gasteiger partial charge is 0.416 e. The lowest BCUT2D eigenvalue weighted by molar-refractivity contribution is -0.137. The van der Waals surface area contributed by atoms with Crippen molar-refractivity contribution in [2.24, 2.45) is 4.99 Å². The lowest BCUT2D eigenvalue weighted by Crippen LogP contribution is -2.28. The van der Waals surface area contributed by atoms with Crippen molar-refractivity contribution in [2.45, 2.75) is 6.18 Å². The molecule has 1 N–H and O–H groups in total. The second-order valence-corrected chi connectivity index (χ2v) is 5.51. The van der Waals surface area contributed by atoms with Crippen molar-refractivity contribution >= 4 is 28.5 Å².